The van der Waals surface area contributed by atoms with E-state index in [1.54, 1.807) is 0 Å². The summed E-state index contributed by atoms with van der Waals surface area (Å²) in [7, 11) is 2.14. The number of ether oxygens (including phenoxy) is 2. The summed E-state index contributed by atoms with van der Waals surface area (Å²) in [5, 5.41) is 19.2. The minimum Gasteiger partial charge on any atom is -0.544 e. The average Bonchev–Trinajstić information content (AvgIpc) is 3.44. The third kappa shape index (κ3) is 4.93. The number of nitrogen functional groups attached to an aromatic ring is 1. The number of anilines is 1. The van der Waals surface area contributed by atoms with Crippen molar-refractivity contribution < 1.29 is 77.8 Å². The van der Waals surface area contributed by atoms with Crippen LogP contribution in [-0.2, 0) is 43.1 Å². The first-order valence-corrected chi connectivity index (χ1v) is 9.68. The summed E-state index contributed by atoms with van der Waals surface area (Å²) in [5.74, 6) is -6.23. The Hall–Kier alpha value is -2.79. The average molecular weight is 493 g/mol. The number of carbonyl (C=O) groups is 5. The number of nitrogens with two attached hydrogens (primary N) is 1. The molecule has 17 heteroatoms. The molecule has 3 N–H and O–H groups in total. The Morgan fingerprint density at radius 1 is 1.39 bits per heavy atom. The smallest absolute Gasteiger partial charge is 0.544 e. The van der Waals surface area contributed by atoms with E-state index in [1.807, 2.05) is 0 Å². The van der Waals surface area contributed by atoms with Crippen LogP contribution in [0.2, 0.25) is 0 Å². The predicted molar refractivity (Wildman–Crippen MR) is 98.8 cm³/mol. The molecule has 0 bridgehead atoms. The van der Waals surface area contributed by atoms with Crippen molar-refractivity contribution in [2.45, 2.75) is 30.7 Å². The van der Waals surface area contributed by atoms with Crippen molar-refractivity contribution >= 4 is 51.9 Å². The molecule has 0 saturated carbocycles. The molecule has 2 amide bonds. The fraction of sp³-hybridized carbons (Fsp3) is 0.438. The second-order valence-corrected chi connectivity index (χ2v) is 7.26. The molecule has 3 atom stereocenters. The fourth-order valence-electron chi connectivity index (χ4n) is 3.01. The SMILES string of the molecule is CO/N=C(\C(=O)N[C@@H]1C(=O)N(C2(C(=O)[O-])CCC(=O)O2)O[C@@H]1C(=O)OC)c1csc(N)n1.[Na+]. The number of carboxylic acid groups (broad SMARTS) is 1. The minimum atomic E-state index is -2.62. The maximum atomic E-state index is 13.0. The zero-order valence-corrected chi connectivity index (χ0v) is 20.4. The van der Waals surface area contributed by atoms with Crippen LogP contribution in [0, 0.1) is 0 Å². The van der Waals surface area contributed by atoms with Crippen molar-refractivity contribution in [3.05, 3.63) is 11.1 Å². The first kappa shape index (κ1) is 26.5. The molecule has 2 saturated heterocycles. The van der Waals surface area contributed by atoms with E-state index in [1.165, 1.54) is 5.38 Å². The van der Waals surface area contributed by atoms with Crippen LogP contribution in [0.25, 0.3) is 0 Å². The number of oxime groups is 1. The van der Waals surface area contributed by atoms with Gasteiger partial charge in [-0.1, -0.05) is 5.16 Å². The molecule has 1 aromatic heterocycles. The van der Waals surface area contributed by atoms with Crippen molar-refractivity contribution in [2.24, 2.45) is 5.16 Å². The molecule has 0 aromatic carbocycles. The first-order valence-electron chi connectivity index (χ1n) is 8.80. The van der Waals surface area contributed by atoms with Crippen molar-refractivity contribution in [3.8, 4) is 0 Å². The summed E-state index contributed by atoms with van der Waals surface area (Å²) in [6, 6.07) is -1.77. The number of amides is 2. The molecule has 172 valence electrons. The molecule has 1 aromatic rings. The van der Waals surface area contributed by atoms with Crippen molar-refractivity contribution in [2.75, 3.05) is 20.0 Å². The molecule has 0 aliphatic carbocycles. The van der Waals surface area contributed by atoms with Gasteiger partial charge in [-0.25, -0.2) is 14.6 Å². The molecule has 2 aliphatic rings. The number of aliphatic carboxylic acids is 1. The van der Waals surface area contributed by atoms with Gasteiger partial charge in [0.2, 0.25) is 6.10 Å². The fourth-order valence-corrected chi connectivity index (χ4v) is 3.56. The van der Waals surface area contributed by atoms with Gasteiger partial charge < -0.3 is 35.3 Å². The number of nitrogens with zero attached hydrogens (tertiary/aromatic N) is 3. The number of hydrogen-bond acceptors (Lipinski definition) is 14. The third-order valence-electron chi connectivity index (χ3n) is 4.47. The van der Waals surface area contributed by atoms with Crippen LogP contribution in [-0.4, -0.2) is 77.6 Å². The third-order valence-corrected chi connectivity index (χ3v) is 5.14. The molecule has 0 radical (unpaired) electrons. The Balaban J connectivity index is 0.00000385. The summed E-state index contributed by atoms with van der Waals surface area (Å²) >= 11 is 1.00. The number of methoxy groups -OCH3 is 1. The molecule has 2 fully saturated rings. The van der Waals surface area contributed by atoms with Crippen LogP contribution in [0.1, 0.15) is 18.5 Å². The minimum absolute atomic E-state index is 0. The van der Waals surface area contributed by atoms with E-state index in [0.29, 0.717) is 0 Å². The molecule has 0 spiro atoms. The zero-order valence-electron chi connectivity index (χ0n) is 17.6. The largest absolute Gasteiger partial charge is 1.00 e. The Morgan fingerprint density at radius 2 is 2.09 bits per heavy atom. The van der Waals surface area contributed by atoms with Gasteiger partial charge in [0.25, 0.3) is 17.5 Å². The molecule has 1 unspecified atom stereocenters. The maximum absolute atomic E-state index is 13.0. The van der Waals surface area contributed by atoms with E-state index < -0.39 is 59.7 Å². The van der Waals surface area contributed by atoms with Gasteiger partial charge in [-0.15, -0.1) is 11.3 Å². The molecule has 3 rings (SSSR count). The van der Waals surface area contributed by atoms with Crippen LogP contribution in [0.15, 0.2) is 10.5 Å². The van der Waals surface area contributed by atoms with Gasteiger partial charge >= 0.3 is 41.5 Å². The topological polar surface area (TPSA) is 212 Å². The summed E-state index contributed by atoms with van der Waals surface area (Å²) in [6.45, 7) is 0. The Kier molecular flexibility index (Phi) is 8.36. The Morgan fingerprint density at radius 3 is 2.58 bits per heavy atom. The van der Waals surface area contributed by atoms with E-state index in [2.05, 4.69) is 25.0 Å². The molecule has 33 heavy (non-hydrogen) atoms. The first-order chi connectivity index (χ1) is 15.1. The second-order valence-electron chi connectivity index (χ2n) is 6.37. The summed E-state index contributed by atoms with van der Waals surface area (Å²) in [4.78, 5) is 75.0. The van der Waals surface area contributed by atoms with Gasteiger partial charge in [0.05, 0.1) is 13.5 Å². The number of nitrogens with one attached hydrogen (secondary N) is 1. The van der Waals surface area contributed by atoms with Gasteiger partial charge in [-0.05, 0) is 0 Å². The van der Waals surface area contributed by atoms with E-state index in [0.717, 1.165) is 25.6 Å². The number of hydrogen-bond donors (Lipinski definition) is 2. The standard InChI is InChI=1S/C16H17N5O10S.Na/c1-28-13(25)10-9(19-11(23)8(20-29-2)6-5-32-15(17)18-6)12(24)21(31-10)16(14(26)27)4-3-7(22)30-16;/h5,9-10H,3-4H2,1-2H3,(H2,17,18)(H,19,23)(H,26,27);/q;+1/p-1/b20-8-;/t9-,10-,16?;/m0./s1. The summed E-state index contributed by atoms with van der Waals surface area (Å²) in [6.07, 6.45) is -2.66. The van der Waals surface area contributed by atoms with Crippen molar-refractivity contribution in [1.29, 1.82) is 0 Å². The normalized spacial score (nSPS) is 24.7. The van der Waals surface area contributed by atoms with Gasteiger partial charge in [0, 0.05) is 11.8 Å². The molecular formula is C16H16N5NaO10S. The number of esters is 2. The monoisotopic (exact) mass is 493 g/mol. The number of thiazole rings is 1. The number of carbonyl (C=O) groups excluding carboxylic acids is 5. The number of carboxylic acids is 1. The van der Waals surface area contributed by atoms with Crippen molar-refractivity contribution in [1.82, 2.24) is 15.4 Å². The van der Waals surface area contributed by atoms with Gasteiger partial charge in [0.15, 0.2) is 16.9 Å². The quantitative estimate of drug-likeness (QED) is 0.157. The molecule has 3 heterocycles. The van der Waals surface area contributed by atoms with Crippen LogP contribution < -0.4 is 45.7 Å². The van der Waals surface area contributed by atoms with Crippen LogP contribution in [0.4, 0.5) is 5.13 Å². The van der Waals surface area contributed by atoms with Crippen LogP contribution in [0.3, 0.4) is 0 Å². The second kappa shape index (κ2) is 10.4. The molecular weight excluding hydrogens is 477 g/mol. The maximum Gasteiger partial charge on any atom is 1.00 e. The number of cyclic esters (lactones) is 1. The molecule has 2 aliphatic heterocycles. The van der Waals surface area contributed by atoms with E-state index in [4.69, 9.17) is 15.3 Å². The van der Waals surface area contributed by atoms with Gasteiger partial charge in [-0.2, -0.15) is 5.06 Å². The predicted octanol–water partition coefficient (Wildman–Crippen LogP) is -6.34. The van der Waals surface area contributed by atoms with E-state index >= 15 is 0 Å². The summed E-state index contributed by atoms with van der Waals surface area (Å²) in [5.41, 5.74) is 2.56. The van der Waals surface area contributed by atoms with E-state index in [9.17, 15) is 29.1 Å². The van der Waals surface area contributed by atoms with Crippen molar-refractivity contribution in [3.63, 3.8) is 0 Å². The zero-order chi connectivity index (χ0) is 23.6. The summed E-state index contributed by atoms with van der Waals surface area (Å²) < 4.78 is 9.35. The number of hydroxylamine groups is 2. The Labute approximate surface area is 211 Å². The number of rotatable bonds is 7. The van der Waals surface area contributed by atoms with Crippen LogP contribution in [0.5, 0.6) is 0 Å². The van der Waals surface area contributed by atoms with E-state index in [-0.39, 0.29) is 51.9 Å². The Bertz CT molecular complexity index is 1020. The number of aromatic nitrogens is 1. The van der Waals surface area contributed by atoms with Crippen LogP contribution >= 0.6 is 11.3 Å². The molecule has 15 nitrogen and oxygen atoms in total. The van der Waals surface area contributed by atoms with Gasteiger partial charge in [-0.3, -0.25) is 14.4 Å². The van der Waals surface area contributed by atoms with Gasteiger partial charge in [0.1, 0.15) is 18.8 Å².